The molecule has 0 aliphatic rings. The van der Waals surface area contributed by atoms with Gasteiger partial charge in [0.2, 0.25) is 0 Å². The lowest BCUT2D eigenvalue weighted by Gasteiger charge is -2.18. The topological polar surface area (TPSA) is 26.0 Å². The fourth-order valence-electron chi connectivity index (χ4n) is 1.63. The quantitative estimate of drug-likeness (QED) is 0.642. The number of anilines is 1. The number of halogens is 4. The number of benzene rings is 2. The maximum absolute atomic E-state index is 14.0. The number of alkyl halides is 2. The van der Waals surface area contributed by atoms with Crippen LogP contribution in [-0.2, 0) is 5.92 Å². The minimum absolute atomic E-state index is 0.129. The molecule has 1 nitrogen and oxygen atoms in total. The van der Waals surface area contributed by atoms with Crippen molar-refractivity contribution in [3.8, 4) is 0 Å². The Morgan fingerprint density at radius 2 is 1.67 bits per heavy atom. The molecule has 0 unspecified atom stereocenters. The van der Waals surface area contributed by atoms with Gasteiger partial charge >= 0.3 is 5.92 Å². The molecule has 5 heteroatoms. The van der Waals surface area contributed by atoms with Crippen LogP contribution in [0.2, 0.25) is 0 Å². The molecule has 0 aliphatic carbocycles. The largest absolute Gasteiger partial charge is 0.399 e. The number of nitrogen functional groups attached to an aromatic ring is 1. The van der Waals surface area contributed by atoms with E-state index in [1.807, 2.05) is 0 Å². The van der Waals surface area contributed by atoms with Crippen LogP contribution in [0.4, 0.5) is 23.2 Å². The first kappa shape index (κ1) is 12.4. The molecule has 0 bridgehead atoms. The van der Waals surface area contributed by atoms with E-state index in [2.05, 4.69) is 0 Å². The van der Waals surface area contributed by atoms with Gasteiger partial charge in [0.15, 0.2) is 0 Å². The summed E-state index contributed by atoms with van der Waals surface area (Å²) >= 11 is 0. The van der Waals surface area contributed by atoms with E-state index in [0.29, 0.717) is 12.1 Å². The number of nitrogens with two attached hydrogens (primary N) is 1. The molecule has 18 heavy (non-hydrogen) atoms. The summed E-state index contributed by atoms with van der Waals surface area (Å²) in [5.74, 6) is -5.72. The lowest BCUT2D eigenvalue weighted by molar-refractivity contribution is 0.0386. The smallest absolute Gasteiger partial charge is 0.301 e. The standard InChI is InChI=1S/C13H9F4N/c14-9-4-5-12(15)11(7-9)13(16,17)8-2-1-3-10(18)6-8/h1-7H,18H2. The first-order chi connectivity index (χ1) is 8.41. The second-order valence-electron chi connectivity index (χ2n) is 3.82. The van der Waals surface area contributed by atoms with Gasteiger partial charge in [-0.1, -0.05) is 12.1 Å². The Hall–Kier alpha value is -2.04. The van der Waals surface area contributed by atoms with Gasteiger partial charge in [-0.15, -0.1) is 0 Å². The van der Waals surface area contributed by atoms with Crippen molar-refractivity contribution in [1.29, 1.82) is 0 Å². The molecule has 0 saturated heterocycles. The van der Waals surface area contributed by atoms with E-state index in [0.717, 1.165) is 18.2 Å². The highest BCUT2D eigenvalue weighted by Crippen LogP contribution is 2.37. The predicted octanol–water partition coefficient (Wildman–Crippen LogP) is 3.69. The maximum Gasteiger partial charge on any atom is 0.301 e. The third kappa shape index (κ3) is 2.16. The van der Waals surface area contributed by atoms with E-state index in [-0.39, 0.29) is 5.69 Å². The summed E-state index contributed by atoms with van der Waals surface area (Å²) in [6.07, 6.45) is 0. The predicted molar refractivity (Wildman–Crippen MR) is 60.2 cm³/mol. The Labute approximate surface area is 101 Å². The van der Waals surface area contributed by atoms with Gasteiger partial charge in [0.05, 0.1) is 5.56 Å². The van der Waals surface area contributed by atoms with Gasteiger partial charge in [-0.3, -0.25) is 0 Å². The molecule has 0 heterocycles. The van der Waals surface area contributed by atoms with Crippen LogP contribution in [0.15, 0.2) is 42.5 Å². The van der Waals surface area contributed by atoms with Crippen LogP contribution in [0.1, 0.15) is 11.1 Å². The first-order valence-corrected chi connectivity index (χ1v) is 5.10. The first-order valence-electron chi connectivity index (χ1n) is 5.10. The molecule has 94 valence electrons. The van der Waals surface area contributed by atoms with Crippen molar-refractivity contribution in [3.63, 3.8) is 0 Å². The van der Waals surface area contributed by atoms with Gasteiger partial charge < -0.3 is 5.73 Å². The molecule has 2 rings (SSSR count). The molecule has 2 aromatic carbocycles. The van der Waals surface area contributed by atoms with Crippen LogP contribution in [0.3, 0.4) is 0 Å². The third-order valence-corrected chi connectivity index (χ3v) is 2.52. The average molecular weight is 255 g/mol. The van der Waals surface area contributed by atoms with Gasteiger partial charge in [0.25, 0.3) is 0 Å². The monoisotopic (exact) mass is 255 g/mol. The van der Waals surface area contributed by atoms with Crippen molar-refractivity contribution >= 4 is 5.69 Å². The Balaban J connectivity index is 2.57. The van der Waals surface area contributed by atoms with Crippen molar-refractivity contribution in [2.45, 2.75) is 5.92 Å². The van der Waals surface area contributed by atoms with E-state index in [9.17, 15) is 17.6 Å². The lowest BCUT2D eigenvalue weighted by atomic mass is 9.99. The maximum atomic E-state index is 14.0. The summed E-state index contributed by atoms with van der Waals surface area (Å²) in [6, 6.07) is 6.85. The fourth-order valence-corrected chi connectivity index (χ4v) is 1.63. The fraction of sp³-hybridized carbons (Fsp3) is 0.0769. The Kier molecular flexibility index (Phi) is 2.98. The molecule has 0 amide bonds. The highest BCUT2D eigenvalue weighted by Gasteiger charge is 2.37. The molecule has 0 spiro atoms. The summed E-state index contributed by atoms with van der Waals surface area (Å²) < 4.78 is 54.4. The minimum Gasteiger partial charge on any atom is -0.399 e. The van der Waals surface area contributed by atoms with Gasteiger partial charge in [-0.25, -0.2) is 8.78 Å². The van der Waals surface area contributed by atoms with E-state index < -0.39 is 28.7 Å². The number of rotatable bonds is 2. The van der Waals surface area contributed by atoms with Crippen molar-refractivity contribution in [1.82, 2.24) is 0 Å². The molecule has 0 fully saturated rings. The Morgan fingerprint density at radius 1 is 0.944 bits per heavy atom. The Bertz CT molecular complexity index is 581. The molecule has 2 N–H and O–H groups in total. The number of hydrogen-bond acceptors (Lipinski definition) is 1. The van der Waals surface area contributed by atoms with Crippen molar-refractivity contribution in [2.75, 3.05) is 5.73 Å². The minimum atomic E-state index is -3.64. The van der Waals surface area contributed by atoms with Gasteiger partial charge in [-0.2, -0.15) is 8.78 Å². The summed E-state index contributed by atoms with van der Waals surface area (Å²) in [7, 11) is 0. The summed E-state index contributed by atoms with van der Waals surface area (Å²) in [5, 5.41) is 0. The summed E-state index contributed by atoms with van der Waals surface area (Å²) in [5.41, 5.74) is 4.04. The zero-order chi connectivity index (χ0) is 13.3. The molecular weight excluding hydrogens is 246 g/mol. The van der Waals surface area contributed by atoms with Gasteiger partial charge in [0, 0.05) is 11.3 Å². The van der Waals surface area contributed by atoms with Crippen LogP contribution in [-0.4, -0.2) is 0 Å². The third-order valence-electron chi connectivity index (χ3n) is 2.52. The van der Waals surface area contributed by atoms with Crippen LogP contribution in [0.25, 0.3) is 0 Å². The average Bonchev–Trinajstić information content (AvgIpc) is 2.32. The van der Waals surface area contributed by atoms with Crippen LogP contribution in [0.5, 0.6) is 0 Å². The second-order valence-corrected chi connectivity index (χ2v) is 3.82. The zero-order valence-corrected chi connectivity index (χ0v) is 9.13. The molecule has 0 atom stereocenters. The molecule has 2 aromatic rings. The normalized spacial score (nSPS) is 11.6. The van der Waals surface area contributed by atoms with Crippen LogP contribution < -0.4 is 5.73 Å². The van der Waals surface area contributed by atoms with E-state index in [1.54, 1.807) is 0 Å². The highest BCUT2D eigenvalue weighted by molar-refractivity contribution is 5.45. The zero-order valence-electron chi connectivity index (χ0n) is 9.13. The number of hydrogen-bond donors (Lipinski definition) is 1. The van der Waals surface area contributed by atoms with Gasteiger partial charge in [-0.05, 0) is 30.3 Å². The summed E-state index contributed by atoms with van der Waals surface area (Å²) in [6.45, 7) is 0. The molecule has 0 aliphatic heterocycles. The second kappa shape index (κ2) is 4.33. The summed E-state index contributed by atoms with van der Waals surface area (Å²) in [4.78, 5) is 0. The molecule has 0 aromatic heterocycles. The molecular formula is C13H9F4N. The van der Waals surface area contributed by atoms with E-state index in [4.69, 9.17) is 5.73 Å². The Morgan fingerprint density at radius 3 is 2.33 bits per heavy atom. The van der Waals surface area contributed by atoms with Gasteiger partial charge in [0.1, 0.15) is 11.6 Å². The van der Waals surface area contributed by atoms with Crippen molar-refractivity contribution < 1.29 is 17.6 Å². The highest BCUT2D eigenvalue weighted by atomic mass is 19.3. The van der Waals surface area contributed by atoms with Crippen molar-refractivity contribution in [2.24, 2.45) is 0 Å². The van der Waals surface area contributed by atoms with E-state index >= 15 is 0 Å². The van der Waals surface area contributed by atoms with Crippen LogP contribution in [0, 0.1) is 11.6 Å². The van der Waals surface area contributed by atoms with E-state index in [1.165, 1.54) is 12.1 Å². The molecule has 0 saturated carbocycles. The van der Waals surface area contributed by atoms with Crippen LogP contribution >= 0.6 is 0 Å². The molecule has 0 radical (unpaired) electrons. The van der Waals surface area contributed by atoms with Crippen molar-refractivity contribution in [3.05, 3.63) is 65.2 Å². The lowest BCUT2D eigenvalue weighted by Crippen LogP contribution is -2.17. The SMILES string of the molecule is Nc1cccc(C(F)(F)c2cc(F)ccc2F)c1.